The van der Waals surface area contributed by atoms with Crippen LogP contribution < -0.4 is 0 Å². The van der Waals surface area contributed by atoms with Gasteiger partial charge in [0.25, 0.3) is 5.91 Å². The number of hydrogen-bond donors (Lipinski definition) is 1. The van der Waals surface area contributed by atoms with Gasteiger partial charge in [0, 0.05) is 18.2 Å². The predicted octanol–water partition coefficient (Wildman–Crippen LogP) is 2.32. The van der Waals surface area contributed by atoms with Gasteiger partial charge in [-0.05, 0) is 32.9 Å². The molecule has 0 spiro atoms. The third kappa shape index (κ3) is 3.58. The molecule has 1 rings (SSSR count). The molecule has 1 N–H and O–H groups in total. The van der Waals surface area contributed by atoms with Gasteiger partial charge in [0.05, 0.1) is 6.42 Å². The summed E-state index contributed by atoms with van der Waals surface area (Å²) in [6.07, 6.45) is -0.0363. The van der Waals surface area contributed by atoms with Crippen LogP contribution in [0.5, 0.6) is 0 Å². The average Bonchev–Trinajstić information content (AvgIpc) is 2.28. The average molecular weight is 249 g/mol. The van der Waals surface area contributed by atoms with Crippen LogP contribution in [0.1, 0.15) is 36.2 Å². The summed E-state index contributed by atoms with van der Waals surface area (Å²) in [5.41, 5.74) is 1.62. The molecule has 4 nitrogen and oxygen atoms in total. The molecule has 0 fully saturated rings. The van der Waals surface area contributed by atoms with Crippen molar-refractivity contribution in [2.75, 3.05) is 6.54 Å². The maximum atomic E-state index is 12.3. The van der Waals surface area contributed by atoms with Gasteiger partial charge in [-0.25, -0.2) is 0 Å². The molecule has 1 aromatic carbocycles. The second-order valence-corrected chi connectivity index (χ2v) is 4.41. The number of hydrogen-bond acceptors (Lipinski definition) is 2. The maximum absolute atomic E-state index is 12.3. The van der Waals surface area contributed by atoms with Gasteiger partial charge in [-0.15, -0.1) is 0 Å². The highest BCUT2D eigenvalue weighted by Gasteiger charge is 2.21. The Morgan fingerprint density at radius 3 is 2.56 bits per heavy atom. The SMILES string of the molecule is CCN(C(=O)c1cccc(C)c1)C(C)CC(=O)O. The molecule has 18 heavy (non-hydrogen) atoms. The molecule has 0 aliphatic carbocycles. The lowest BCUT2D eigenvalue weighted by atomic mass is 10.1. The molecule has 0 aliphatic rings. The standard InChI is InChI=1S/C14H19NO3/c1-4-15(11(3)9-13(16)17)14(18)12-7-5-6-10(2)8-12/h5-8,11H,4,9H2,1-3H3,(H,16,17). The third-order valence-corrected chi connectivity index (χ3v) is 2.87. The van der Waals surface area contributed by atoms with E-state index in [-0.39, 0.29) is 18.4 Å². The third-order valence-electron chi connectivity index (χ3n) is 2.87. The van der Waals surface area contributed by atoms with Gasteiger partial charge in [-0.3, -0.25) is 9.59 Å². The van der Waals surface area contributed by atoms with E-state index in [1.807, 2.05) is 32.0 Å². The molecule has 1 unspecified atom stereocenters. The number of amides is 1. The van der Waals surface area contributed by atoms with Gasteiger partial charge >= 0.3 is 5.97 Å². The van der Waals surface area contributed by atoms with Crippen LogP contribution in [0.15, 0.2) is 24.3 Å². The Morgan fingerprint density at radius 2 is 2.06 bits per heavy atom. The number of carboxylic acid groups (broad SMARTS) is 1. The number of aliphatic carboxylic acids is 1. The van der Waals surface area contributed by atoms with Crippen molar-refractivity contribution in [1.29, 1.82) is 0 Å². The zero-order chi connectivity index (χ0) is 13.7. The largest absolute Gasteiger partial charge is 0.481 e. The zero-order valence-corrected chi connectivity index (χ0v) is 11.0. The summed E-state index contributed by atoms with van der Waals surface area (Å²) in [7, 11) is 0. The number of benzene rings is 1. The van der Waals surface area contributed by atoms with Crippen molar-refractivity contribution >= 4 is 11.9 Å². The molecular formula is C14H19NO3. The lowest BCUT2D eigenvalue weighted by Crippen LogP contribution is -2.39. The van der Waals surface area contributed by atoms with Crippen LogP contribution in [-0.2, 0) is 4.79 Å². The fraction of sp³-hybridized carbons (Fsp3) is 0.429. The molecule has 0 radical (unpaired) electrons. The lowest BCUT2D eigenvalue weighted by Gasteiger charge is -2.27. The minimum absolute atomic E-state index is 0.0363. The zero-order valence-electron chi connectivity index (χ0n) is 11.0. The van der Waals surface area contributed by atoms with E-state index in [1.54, 1.807) is 17.9 Å². The van der Waals surface area contributed by atoms with Crippen molar-refractivity contribution in [2.45, 2.75) is 33.2 Å². The van der Waals surface area contributed by atoms with E-state index in [0.717, 1.165) is 5.56 Å². The highest BCUT2D eigenvalue weighted by Crippen LogP contribution is 2.12. The minimum atomic E-state index is -0.891. The fourth-order valence-electron chi connectivity index (χ4n) is 1.96. The van der Waals surface area contributed by atoms with E-state index in [9.17, 15) is 9.59 Å². The van der Waals surface area contributed by atoms with Crippen LogP contribution in [0.4, 0.5) is 0 Å². The minimum Gasteiger partial charge on any atom is -0.481 e. The molecule has 0 aliphatic heterocycles. The van der Waals surface area contributed by atoms with E-state index in [1.165, 1.54) is 0 Å². The van der Waals surface area contributed by atoms with E-state index in [4.69, 9.17) is 5.11 Å². The van der Waals surface area contributed by atoms with Gasteiger partial charge in [0.15, 0.2) is 0 Å². The van der Waals surface area contributed by atoms with Gasteiger partial charge in [0.1, 0.15) is 0 Å². The summed E-state index contributed by atoms with van der Waals surface area (Å²) >= 11 is 0. The molecular weight excluding hydrogens is 230 g/mol. The summed E-state index contributed by atoms with van der Waals surface area (Å²) < 4.78 is 0. The quantitative estimate of drug-likeness (QED) is 0.871. The van der Waals surface area contributed by atoms with Crippen molar-refractivity contribution in [2.24, 2.45) is 0 Å². The maximum Gasteiger partial charge on any atom is 0.305 e. The van der Waals surface area contributed by atoms with Crippen molar-refractivity contribution in [3.05, 3.63) is 35.4 Å². The van der Waals surface area contributed by atoms with E-state index >= 15 is 0 Å². The summed E-state index contributed by atoms with van der Waals surface area (Å²) in [6.45, 7) is 6.03. The second kappa shape index (κ2) is 6.19. The Balaban J connectivity index is 2.88. The van der Waals surface area contributed by atoms with Crippen LogP contribution >= 0.6 is 0 Å². The first-order valence-corrected chi connectivity index (χ1v) is 6.05. The number of carboxylic acids is 1. The molecule has 0 aromatic heterocycles. The molecule has 0 saturated heterocycles. The van der Waals surface area contributed by atoms with Crippen LogP contribution in [0.25, 0.3) is 0 Å². The van der Waals surface area contributed by atoms with Crippen LogP contribution in [0.3, 0.4) is 0 Å². The van der Waals surface area contributed by atoms with Crippen molar-refractivity contribution in [3.8, 4) is 0 Å². The monoisotopic (exact) mass is 249 g/mol. The van der Waals surface area contributed by atoms with Gasteiger partial charge < -0.3 is 10.0 Å². The normalized spacial score (nSPS) is 11.9. The molecule has 1 amide bonds. The smallest absolute Gasteiger partial charge is 0.305 e. The number of carbonyl (C=O) groups excluding carboxylic acids is 1. The Hall–Kier alpha value is -1.84. The van der Waals surface area contributed by atoms with Crippen molar-refractivity contribution < 1.29 is 14.7 Å². The molecule has 4 heteroatoms. The topological polar surface area (TPSA) is 57.6 Å². The Labute approximate surface area is 107 Å². The Kier molecular flexibility index (Phi) is 4.89. The lowest BCUT2D eigenvalue weighted by molar-refractivity contribution is -0.138. The summed E-state index contributed by atoms with van der Waals surface area (Å²) in [5, 5.41) is 8.79. The first-order chi connectivity index (χ1) is 8.45. The second-order valence-electron chi connectivity index (χ2n) is 4.41. The fourth-order valence-corrected chi connectivity index (χ4v) is 1.96. The summed E-state index contributed by atoms with van der Waals surface area (Å²) in [6, 6.07) is 7.02. The molecule has 0 bridgehead atoms. The van der Waals surface area contributed by atoms with Crippen molar-refractivity contribution in [1.82, 2.24) is 4.90 Å². The molecule has 0 heterocycles. The summed E-state index contributed by atoms with van der Waals surface area (Å²) in [4.78, 5) is 24.6. The summed E-state index contributed by atoms with van der Waals surface area (Å²) in [5.74, 6) is -1.01. The first-order valence-electron chi connectivity index (χ1n) is 6.05. The first kappa shape index (κ1) is 14.2. The van der Waals surface area contributed by atoms with Crippen molar-refractivity contribution in [3.63, 3.8) is 0 Å². The number of aryl methyl sites for hydroxylation is 1. The van der Waals surface area contributed by atoms with Crippen LogP contribution in [-0.4, -0.2) is 34.5 Å². The Bertz CT molecular complexity index is 442. The molecule has 1 atom stereocenters. The van der Waals surface area contributed by atoms with Gasteiger partial charge in [-0.2, -0.15) is 0 Å². The number of nitrogens with zero attached hydrogens (tertiary/aromatic N) is 1. The molecule has 1 aromatic rings. The molecule has 0 saturated carbocycles. The van der Waals surface area contributed by atoms with E-state index < -0.39 is 5.97 Å². The van der Waals surface area contributed by atoms with E-state index in [2.05, 4.69) is 0 Å². The van der Waals surface area contributed by atoms with Gasteiger partial charge in [0.2, 0.25) is 0 Å². The predicted molar refractivity (Wildman–Crippen MR) is 69.6 cm³/mol. The highest BCUT2D eigenvalue weighted by atomic mass is 16.4. The Morgan fingerprint density at radius 1 is 1.39 bits per heavy atom. The van der Waals surface area contributed by atoms with Crippen LogP contribution in [0, 0.1) is 6.92 Å². The highest BCUT2D eigenvalue weighted by molar-refractivity contribution is 5.94. The molecule has 98 valence electrons. The van der Waals surface area contributed by atoms with Gasteiger partial charge in [-0.1, -0.05) is 17.7 Å². The number of rotatable bonds is 5. The van der Waals surface area contributed by atoms with E-state index in [0.29, 0.717) is 12.1 Å². The number of carbonyl (C=O) groups is 2. The van der Waals surface area contributed by atoms with Crippen LogP contribution in [0.2, 0.25) is 0 Å².